The van der Waals surface area contributed by atoms with E-state index in [0.29, 0.717) is 5.69 Å². The van der Waals surface area contributed by atoms with E-state index in [-0.39, 0.29) is 5.91 Å². The first-order valence-corrected chi connectivity index (χ1v) is 7.70. The minimum absolute atomic E-state index is 0.300. The summed E-state index contributed by atoms with van der Waals surface area (Å²) in [6.07, 6.45) is 2.30. The molecule has 2 heterocycles. The first-order chi connectivity index (χ1) is 10.1. The van der Waals surface area contributed by atoms with Crippen molar-refractivity contribution in [3.05, 3.63) is 17.5 Å². The van der Waals surface area contributed by atoms with Crippen LogP contribution in [0.1, 0.15) is 56.7 Å². The average Bonchev–Trinajstić information content (AvgIpc) is 2.77. The fourth-order valence-electron chi connectivity index (χ4n) is 1.88. The molecule has 1 aliphatic heterocycles. The Morgan fingerprint density at radius 2 is 2.00 bits per heavy atom. The Hall–Kier alpha value is -1.40. The van der Waals surface area contributed by atoms with E-state index in [0.717, 1.165) is 31.7 Å². The fraction of sp³-hybridized carbons (Fsp3) is 0.733. The van der Waals surface area contributed by atoms with Gasteiger partial charge in [-0.05, 0) is 19.5 Å². The third-order valence-electron chi connectivity index (χ3n) is 2.63. The van der Waals surface area contributed by atoms with Gasteiger partial charge in [0.1, 0.15) is 0 Å². The van der Waals surface area contributed by atoms with Gasteiger partial charge in [-0.1, -0.05) is 34.1 Å². The number of hydroxylamine groups is 1. The second kappa shape index (κ2) is 11.3. The number of carbonyl (C=O) groups is 1. The third kappa shape index (κ3) is 6.73. The van der Waals surface area contributed by atoms with Crippen molar-refractivity contribution >= 4 is 5.91 Å². The van der Waals surface area contributed by atoms with Crippen LogP contribution in [0.4, 0.5) is 0 Å². The molecule has 0 bridgehead atoms. The molecule has 0 spiro atoms. The summed E-state index contributed by atoms with van der Waals surface area (Å²) in [6, 6.07) is 1.82. The highest BCUT2D eigenvalue weighted by Crippen LogP contribution is 2.12. The van der Waals surface area contributed by atoms with Crippen LogP contribution in [0.5, 0.6) is 0 Å². The molecule has 0 saturated heterocycles. The van der Waals surface area contributed by atoms with Crippen LogP contribution in [-0.4, -0.2) is 41.3 Å². The second-order valence-corrected chi connectivity index (χ2v) is 4.68. The van der Waals surface area contributed by atoms with Crippen molar-refractivity contribution in [1.82, 2.24) is 20.2 Å². The molecule has 6 nitrogen and oxygen atoms in total. The van der Waals surface area contributed by atoms with Crippen LogP contribution < -0.4 is 5.48 Å². The molecule has 1 aromatic heterocycles. The van der Waals surface area contributed by atoms with Crippen molar-refractivity contribution in [3.63, 3.8) is 0 Å². The van der Waals surface area contributed by atoms with Gasteiger partial charge in [-0.3, -0.25) is 14.3 Å². The zero-order valence-electron chi connectivity index (χ0n) is 14.3. The number of hydrogen-bond donors (Lipinski definition) is 1. The minimum atomic E-state index is -0.300. The number of nitrogens with zero attached hydrogens (tertiary/aromatic N) is 3. The highest BCUT2D eigenvalue weighted by Gasteiger charge is 2.17. The van der Waals surface area contributed by atoms with E-state index in [1.807, 2.05) is 24.6 Å². The Kier molecular flexibility index (Phi) is 10.5. The number of carbonyl (C=O) groups excluding carboxylic acids is 1. The van der Waals surface area contributed by atoms with E-state index < -0.39 is 0 Å². The average molecular weight is 298 g/mol. The van der Waals surface area contributed by atoms with Crippen molar-refractivity contribution in [2.24, 2.45) is 0 Å². The second-order valence-electron chi connectivity index (χ2n) is 4.68. The zero-order chi connectivity index (χ0) is 16.3. The van der Waals surface area contributed by atoms with Gasteiger partial charge in [0, 0.05) is 19.6 Å². The summed E-state index contributed by atoms with van der Waals surface area (Å²) in [4.78, 5) is 18.3. The van der Waals surface area contributed by atoms with Gasteiger partial charge in [0.05, 0.1) is 12.8 Å². The summed E-state index contributed by atoms with van der Waals surface area (Å²) in [5.41, 5.74) is 3.75. The molecule has 0 atom stereocenters. The number of hydrogen-bond acceptors (Lipinski definition) is 4. The van der Waals surface area contributed by atoms with Gasteiger partial charge in [-0.25, -0.2) is 5.48 Å². The number of aromatic nitrogens is 2. The summed E-state index contributed by atoms with van der Waals surface area (Å²) in [7, 11) is 3.48. The van der Waals surface area contributed by atoms with Gasteiger partial charge >= 0.3 is 0 Å². The van der Waals surface area contributed by atoms with E-state index >= 15 is 0 Å². The molecule has 0 radical (unpaired) electrons. The topological polar surface area (TPSA) is 59.4 Å². The first-order valence-electron chi connectivity index (χ1n) is 7.70. The van der Waals surface area contributed by atoms with Gasteiger partial charge in [-0.15, -0.1) is 0 Å². The Morgan fingerprint density at radius 3 is 2.57 bits per heavy atom. The molecule has 0 saturated carbocycles. The van der Waals surface area contributed by atoms with Crippen molar-refractivity contribution < 1.29 is 9.63 Å². The van der Waals surface area contributed by atoms with Gasteiger partial charge in [0.2, 0.25) is 0 Å². The van der Waals surface area contributed by atoms with Crippen molar-refractivity contribution in [2.45, 2.75) is 53.6 Å². The zero-order valence-corrected chi connectivity index (χ0v) is 14.3. The molecule has 0 aliphatic carbocycles. The highest BCUT2D eigenvalue weighted by atomic mass is 16.6. The Morgan fingerprint density at radius 1 is 1.38 bits per heavy atom. The molecule has 1 aliphatic rings. The number of fused-ring (bicyclic) bond motifs is 1. The molecule has 1 amide bonds. The van der Waals surface area contributed by atoms with Gasteiger partial charge in [0.25, 0.3) is 5.91 Å². The SMILES string of the molecule is CC.CCC.CONC(=O)c1cc2n(n1)CCCN(C)C2. The van der Waals surface area contributed by atoms with Crippen LogP contribution in [0.3, 0.4) is 0 Å². The molecule has 2 rings (SSSR count). The van der Waals surface area contributed by atoms with Crippen LogP contribution in [0.15, 0.2) is 6.07 Å². The lowest BCUT2D eigenvalue weighted by Crippen LogP contribution is -2.22. The summed E-state index contributed by atoms with van der Waals surface area (Å²) in [5, 5.41) is 4.26. The van der Waals surface area contributed by atoms with E-state index in [9.17, 15) is 4.79 Å². The maximum atomic E-state index is 11.5. The van der Waals surface area contributed by atoms with E-state index in [2.05, 4.69) is 41.2 Å². The lowest BCUT2D eigenvalue weighted by Gasteiger charge is -2.10. The molecule has 0 unspecified atom stereocenters. The van der Waals surface area contributed by atoms with Gasteiger partial charge < -0.3 is 4.90 Å². The smallest absolute Gasteiger partial charge is 0.295 e. The molecule has 6 heteroatoms. The van der Waals surface area contributed by atoms with E-state index in [4.69, 9.17) is 0 Å². The molecule has 0 fully saturated rings. The van der Waals surface area contributed by atoms with Crippen LogP contribution in [0, 0.1) is 0 Å². The van der Waals surface area contributed by atoms with Crippen LogP contribution in [0.2, 0.25) is 0 Å². The summed E-state index contributed by atoms with van der Waals surface area (Å²) < 4.78 is 1.90. The molecule has 122 valence electrons. The van der Waals surface area contributed by atoms with E-state index in [1.54, 1.807) is 0 Å². The lowest BCUT2D eigenvalue weighted by molar-refractivity contribution is 0.0531. The lowest BCUT2D eigenvalue weighted by atomic mass is 10.3. The quantitative estimate of drug-likeness (QED) is 0.852. The largest absolute Gasteiger partial charge is 0.300 e. The Bertz CT molecular complexity index is 404. The molecule has 0 aromatic carbocycles. The number of amides is 1. The summed E-state index contributed by atoms with van der Waals surface area (Å²) >= 11 is 0. The Balaban J connectivity index is 0.000000713. The molecule has 1 aromatic rings. The monoisotopic (exact) mass is 298 g/mol. The van der Waals surface area contributed by atoms with Gasteiger partial charge in [-0.2, -0.15) is 5.10 Å². The Labute approximate surface area is 128 Å². The fourth-order valence-corrected chi connectivity index (χ4v) is 1.88. The minimum Gasteiger partial charge on any atom is -0.300 e. The molecular weight excluding hydrogens is 268 g/mol. The number of nitrogens with one attached hydrogen (secondary N) is 1. The van der Waals surface area contributed by atoms with Crippen molar-refractivity contribution in [1.29, 1.82) is 0 Å². The molecule has 1 N–H and O–H groups in total. The number of aryl methyl sites for hydroxylation is 1. The molecule has 21 heavy (non-hydrogen) atoms. The van der Waals surface area contributed by atoms with Crippen LogP contribution in [0.25, 0.3) is 0 Å². The first kappa shape index (κ1) is 19.6. The summed E-state index contributed by atoms with van der Waals surface area (Å²) in [6.45, 7) is 11.0. The van der Waals surface area contributed by atoms with E-state index in [1.165, 1.54) is 13.5 Å². The van der Waals surface area contributed by atoms with Crippen LogP contribution >= 0.6 is 0 Å². The molecular formula is C15H30N4O2. The maximum Gasteiger partial charge on any atom is 0.295 e. The van der Waals surface area contributed by atoms with Crippen molar-refractivity contribution in [2.75, 3.05) is 20.7 Å². The maximum absolute atomic E-state index is 11.5. The third-order valence-corrected chi connectivity index (χ3v) is 2.63. The number of rotatable bonds is 2. The highest BCUT2D eigenvalue weighted by molar-refractivity contribution is 5.91. The predicted octanol–water partition coefficient (Wildman–Crippen LogP) is 2.45. The normalized spacial score (nSPS) is 13.8. The van der Waals surface area contributed by atoms with Crippen LogP contribution in [-0.2, 0) is 17.9 Å². The predicted molar refractivity (Wildman–Crippen MR) is 85.0 cm³/mol. The summed E-state index contributed by atoms with van der Waals surface area (Å²) in [5.74, 6) is -0.300. The standard InChI is InChI=1S/C10H16N4O2.C3H8.C2H6/c1-13-4-3-5-14-8(7-13)6-9(11-14)10(15)12-16-2;1-3-2;1-2/h6H,3-5,7H2,1-2H3,(H,12,15);3H2,1-2H3;1-2H3. The van der Waals surface area contributed by atoms with Crippen molar-refractivity contribution in [3.8, 4) is 0 Å². The van der Waals surface area contributed by atoms with Gasteiger partial charge in [0.15, 0.2) is 5.69 Å².